The van der Waals surface area contributed by atoms with E-state index in [0.29, 0.717) is 27.5 Å². The summed E-state index contributed by atoms with van der Waals surface area (Å²) in [6.07, 6.45) is 3.16. The van der Waals surface area contributed by atoms with Crippen LogP contribution in [-0.4, -0.2) is 22.4 Å². The average Bonchev–Trinajstić information content (AvgIpc) is 2.64. The van der Waals surface area contributed by atoms with E-state index in [4.69, 9.17) is 5.73 Å². The van der Waals surface area contributed by atoms with Crippen molar-refractivity contribution in [2.75, 3.05) is 12.3 Å². The van der Waals surface area contributed by atoms with Gasteiger partial charge < -0.3 is 11.1 Å². The van der Waals surface area contributed by atoms with E-state index in [1.807, 2.05) is 0 Å². The van der Waals surface area contributed by atoms with Gasteiger partial charge in [-0.25, -0.2) is 9.97 Å². The number of fused-ring (bicyclic) bond motifs is 1. The van der Waals surface area contributed by atoms with E-state index in [2.05, 4.69) is 36.1 Å². The highest BCUT2D eigenvalue weighted by atomic mass is 32.1. The lowest BCUT2D eigenvalue weighted by Crippen LogP contribution is -2.32. The molecule has 0 aliphatic heterocycles. The Labute approximate surface area is 109 Å². The van der Waals surface area contributed by atoms with Crippen molar-refractivity contribution in [1.29, 1.82) is 0 Å². The number of aromatic nitrogens is 2. The number of hydrogen-bond donors (Lipinski definition) is 2. The van der Waals surface area contributed by atoms with Crippen molar-refractivity contribution >= 4 is 33.3 Å². The van der Waals surface area contributed by atoms with Gasteiger partial charge in [0.25, 0.3) is 5.91 Å². The largest absolute Gasteiger partial charge is 0.396 e. The third kappa shape index (κ3) is 2.59. The number of carbonyl (C=O) groups is 1. The van der Waals surface area contributed by atoms with Crippen molar-refractivity contribution in [2.24, 2.45) is 5.41 Å². The van der Waals surface area contributed by atoms with Crippen LogP contribution in [-0.2, 0) is 0 Å². The van der Waals surface area contributed by atoms with E-state index in [1.165, 1.54) is 11.3 Å². The number of carbonyl (C=O) groups excluding carboxylic acids is 1. The third-order valence-corrected chi connectivity index (χ3v) is 3.45. The van der Waals surface area contributed by atoms with Crippen LogP contribution < -0.4 is 11.1 Å². The molecule has 0 saturated carbocycles. The number of nitrogens with one attached hydrogen (secondary N) is 1. The lowest BCUT2D eigenvalue weighted by Gasteiger charge is -2.18. The first-order chi connectivity index (χ1) is 8.38. The van der Waals surface area contributed by atoms with Gasteiger partial charge in [-0.15, -0.1) is 11.3 Å². The number of thiophene rings is 1. The van der Waals surface area contributed by atoms with Crippen molar-refractivity contribution in [2.45, 2.75) is 20.8 Å². The van der Waals surface area contributed by atoms with E-state index in [-0.39, 0.29) is 11.3 Å². The molecule has 0 saturated heterocycles. The molecular formula is C12H16N4OS. The Morgan fingerprint density at radius 3 is 2.67 bits per heavy atom. The molecule has 0 aliphatic rings. The normalized spacial score (nSPS) is 11.7. The van der Waals surface area contributed by atoms with Crippen LogP contribution in [0, 0.1) is 5.41 Å². The summed E-state index contributed by atoms with van der Waals surface area (Å²) in [5.41, 5.74) is 6.98. The van der Waals surface area contributed by atoms with Crippen LogP contribution in [0.1, 0.15) is 30.4 Å². The quantitative estimate of drug-likeness (QED) is 0.869. The first-order valence-electron chi connectivity index (χ1n) is 5.66. The number of nitrogen functional groups attached to an aromatic ring is 1. The van der Waals surface area contributed by atoms with E-state index in [1.54, 1.807) is 12.4 Å². The highest BCUT2D eigenvalue weighted by Gasteiger charge is 2.19. The first-order valence-corrected chi connectivity index (χ1v) is 6.47. The van der Waals surface area contributed by atoms with Crippen LogP contribution in [0.25, 0.3) is 10.3 Å². The van der Waals surface area contributed by atoms with Gasteiger partial charge in [-0.05, 0) is 5.41 Å². The molecule has 0 spiro atoms. The summed E-state index contributed by atoms with van der Waals surface area (Å²) in [5.74, 6) is -0.160. The number of nitrogens with zero attached hydrogens (tertiary/aromatic N) is 2. The molecule has 0 aliphatic carbocycles. The van der Waals surface area contributed by atoms with Crippen molar-refractivity contribution in [3.05, 3.63) is 17.3 Å². The smallest absolute Gasteiger partial charge is 0.263 e. The van der Waals surface area contributed by atoms with Gasteiger partial charge in [-0.3, -0.25) is 4.79 Å². The number of nitrogens with two attached hydrogens (primary N) is 1. The minimum absolute atomic E-state index is 0.0393. The molecule has 6 heteroatoms. The van der Waals surface area contributed by atoms with Gasteiger partial charge in [0.1, 0.15) is 15.2 Å². The van der Waals surface area contributed by atoms with Gasteiger partial charge in [-0.2, -0.15) is 0 Å². The fourth-order valence-corrected chi connectivity index (χ4v) is 2.38. The lowest BCUT2D eigenvalue weighted by atomic mass is 9.97. The number of amides is 1. The summed E-state index contributed by atoms with van der Waals surface area (Å²) in [7, 11) is 0. The second-order valence-electron chi connectivity index (χ2n) is 5.30. The van der Waals surface area contributed by atoms with Crippen LogP contribution in [0.2, 0.25) is 0 Å². The highest BCUT2D eigenvalue weighted by Crippen LogP contribution is 2.30. The molecule has 5 nitrogen and oxygen atoms in total. The van der Waals surface area contributed by atoms with E-state index in [9.17, 15) is 4.79 Å². The Balaban J connectivity index is 2.26. The predicted molar refractivity (Wildman–Crippen MR) is 73.6 cm³/mol. The molecule has 2 heterocycles. The molecule has 2 rings (SSSR count). The zero-order valence-electron chi connectivity index (χ0n) is 10.7. The fourth-order valence-electron chi connectivity index (χ4n) is 1.44. The number of hydrogen-bond acceptors (Lipinski definition) is 5. The van der Waals surface area contributed by atoms with Gasteiger partial charge in [0.15, 0.2) is 0 Å². The Morgan fingerprint density at radius 1 is 1.39 bits per heavy atom. The Hall–Kier alpha value is -1.69. The van der Waals surface area contributed by atoms with Crippen LogP contribution in [0.15, 0.2) is 12.4 Å². The van der Waals surface area contributed by atoms with Gasteiger partial charge >= 0.3 is 0 Å². The maximum Gasteiger partial charge on any atom is 0.263 e. The SMILES string of the molecule is CC(C)(C)CNC(=O)c1sc2nccnc2c1N. The first kappa shape index (κ1) is 12.8. The molecule has 0 atom stereocenters. The van der Waals surface area contributed by atoms with Gasteiger partial charge in [0.2, 0.25) is 0 Å². The van der Waals surface area contributed by atoms with E-state index in [0.717, 1.165) is 0 Å². The average molecular weight is 264 g/mol. The molecule has 0 radical (unpaired) electrons. The minimum atomic E-state index is -0.160. The zero-order valence-corrected chi connectivity index (χ0v) is 11.5. The summed E-state index contributed by atoms with van der Waals surface area (Å²) in [4.78, 5) is 21.5. The van der Waals surface area contributed by atoms with Gasteiger partial charge in [0.05, 0.1) is 5.69 Å². The third-order valence-electron chi connectivity index (χ3n) is 2.35. The van der Waals surface area contributed by atoms with Crippen molar-refractivity contribution in [1.82, 2.24) is 15.3 Å². The van der Waals surface area contributed by atoms with Crippen molar-refractivity contribution in [3.8, 4) is 0 Å². The number of rotatable bonds is 2. The predicted octanol–water partition coefficient (Wildman–Crippen LogP) is 2.05. The molecule has 0 unspecified atom stereocenters. The monoisotopic (exact) mass is 264 g/mol. The minimum Gasteiger partial charge on any atom is -0.396 e. The maximum atomic E-state index is 12.0. The van der Waals surface area contributed by atoms with Gasteiger partial charge in [0, 0.05) is 18.9 Å². The molecule has 0 fully saturated rings. The maximum absolute atomic E-state index is 12.0. The molecule has 3 N–H and O–H groups in total. The van der Waals surface area contributed by atoms with Gasteiger partial charge in [-0.1, -0.05) is 20.8 Å². The second kappa shape index (κ2) is 4.53. The topological polar surface area (TPSA) is 80.9 Å². The molecule has 0 bridgehead atoms. The van der Waals surface area contributed by atoms with E-state index < -0.39 is 0 Å². The fraction of sp³-hybridized carbons (Fsp3) is 0.417. The molecular weight excluding hydrogens is 248 g/mol. The Bertz CT molecular complexity index is 585. The summed E-state index contributed by atoms with van der Waals surface area (Å²) >= 11 is 1.27. The summed E-state index contributed by atoms with van der Waals surface area (Å²) in [5, 5.41) is 2.88. The summed E-state index contributed by atoms with van der Waals surface area (Å²) in [6, 6.07) is 0. The Kier molecular flexibility index (Phi) is 3.21. The molecule has 2 aromatic heterocycles. The zero-order chi connectivity index (χ0) is 13.3. The molecule has 96 valence electrons. The summed E-state index contributed by atoms with van der Waals surface area (Å²) < 4.78 is 0. The van der Waals surface area contributed by atoms with Crippen LogP contribution >= 0.6 is 11.3 Å². The Morgan fingerprint density at radius 2 is 2.06 bits per heavy atom. The van der Waals surface area contributed by atoms with Crippen LogP contribution in [0.3, 0.4) is 0 Å². The van der Waals surface area contributed by atoms with E-state index >= 15 is 0 Å². The van der Waals surface area contributed by atoms with Crippen molar-refractivity contribution < 1.29 is 4.79 Å². The highest BCUT2D eigenvalue weighted by molar-refractivity contribution is 7.21. The second-order valence-corrected chi connectivity index (χ2v) is 6.30. The molecule has 0 aromatic carbocycles. The van der Waals surface area contributed by atoms with Crippen LogP contribution in [0.5, 0.6) is 0 Å². The molecule has 1 amide bonds. The summed E-state index contributed by atoms with van der Waals surface area (Å²) in [6.45, 7) is 6.78. The lowest BCUT2D eigenvalue weighted by molar-refractivity contribution is 0.0944. The molecule has 18 heavy (non-hydrogen) atoms. The standard InChI is InChI=1S/C12H16N4OS/c1-12(2,3)6-16-10(17)9-7(13)8-11(18-9)15-5-4-14-8/h4-5H,6,13H2,1-3H3,(H,16,17). The van der Waals surface area contributed by atoms with Crippen molar-refractivity contribution in [3.63, 3.8) is 0 Å². The van der Waals surface area contributed by atoms with Crippen LogP contribution in [0.4, 0.5) is 5.69 Å². The number of anilines is 1. The molecule has 2 aromatic rings.